The van der Waals surface area contributed by atoms with Crippen molar-refractivity contribution in [1.29, 1.82) is 0 Å². The van der Waals surface area contributed by atoms with E-state index in [9.17, 15) is 20.1 Å². The Morgan fingerprint density at radius 1 is 1.28 bits per heavy atom. The quantitative estimate of drug-likeness (QED) is 0.264. The van der Waals surface area contributed by atoms with Crippen LogP contribution in [-0.2, 0) is 4.79 Å². The number of aliphatic hydroxyl groups excluding tert-OH is 5. The van der Waals surface area contributed by atoms with Crippen molar-refractivity contribution in [3.05, 3.63) is 0 Å². The van der Waals surface area contributed by atoms with Crippen LogP contribution in [0.1, 0.15) is 0 Å². The van der Waals surface area contributed by atoms with E-state index >= 15 is 0 Å². The van der Waals surface area contributed by atoms with Gasteiger partial charge < -0.3 is 30.6 Å². The van der Waals surface area contributed by atoms with Crippen LogP contribution in [0.4, 0.5) is 0 Å². The number of carbonyl (C=O) groups is 1. The lowest BCUT2D eigenvalue weighted by Crippen LogP contribution is -2.52. The maximum atomic E-state index is 10.7. The van der Waals surface area contributed by atoms with Gasteiger partial charge >= 0.3 is 5.97 Å². The summed E-state index contributed by atoms with van der Waals surface area (Å²) in [5, 5.41) is 57.1. The third-order valence-electron chi connectivity index (χ3n) is 2.70. The van der Waals surface area contributed by atoms with Gasteiger partial charge in [-0.1, -0.05) is 0 Å². The minimum atomic E-state index is -1.71. The molecule has 0 aromatic heterocycles. The van der Waals surface area contributed by atoms with Crippen molar-refractivity contribution in [2.24, 2.45) is 0 Å². The van der Waals surface area contributed by atoms with Gasteiger partial charge in [-0.2, -0.15) is 0 Å². The highest BCUT2D eigenvalue weighted by Crippen LogP contribution is 2.24. The molecule has 7 N–H and O–H groups in total. The number of nitrogens with one attached hydrogen (secondary N) is 1. The molecule has 1 saturated heterocycles. The highest BCUT2D eigenvalue weighted by Gasteiger charge is 2.40. The number of thioether (sulfide) groups is 1. The largest absolute Gasteiger partial charge is 0.480 e. The summed E-state index contributed by atoms with van der Waals surface area (Å²) in [7, 11) is 0. The van der Waals surface area contributed by atoms with Gasteiger partial charge in [-0.3, -0.25) is 10.1 Å². The normalized spacial score (nSPS) is 30.7. The fourth-order valence-electron chi connectivity index (χ4n) is 1.55. The maximum absolute atomic E-state index is 10.7. The van der Waals surface area contributed by atoms with E-state index in [1.54, 1.807) is 0 Å². The smallest absolute Gasteiger partial charge is 0.321 e. The Balaban J connectivity index is 2.54. The molecule has 1 aliphatic heterocycles. The molecule has 0 aromatic rings. The summed E-state index contributed by atoms with van der Waals surface area (Å²) in [6, 6.07) is -0.832. The van der Waals surface area contributed by atoms with Gasteiger partial charge in [0.2, 0.25) is 0 Å². The first-order valence-electron chi connectivity index (χ1n) is 5.32. The summed E-state index contributed by atoms with van der Waals surface area (Å²) in [4.78, 5) is 10.7. The average molecular weight is 286 g/mol. The molecule has 0 bridgehead atoms. The van der Waals surface area contributed by atoms with E-state index in [1.165, 1.54) is 0 Å². The summed E-state index contributed by atoms with van der Waals surface area (Å²) < 4.78 is 0. The van der Waals surface area contributed by atoms with Gasteiger partial charge in [-0.05, 0) is 0 Å². The Hall–Kier alpha value is -0.420. The van der Waals surface area contributed by atoms with Gasteiger partial charge in [0.05, 0.1) is 12.0 Å². The number of carboxylic acids is 1. The molecule has 0 aliphatic carbocycles. The van der Waals surface area contributed by atoms with E-state index in [0.29, 0.717) is 0 Å². The van der Waals surface area contributed by atoms with Gasteiger partial charge in [0.1, 0.15) is 30.5 Å². The molecule has 6 atom stereocenters. The molecule has 0 unspecified atom stereocenters. The predicted molar refractivity (Wildman–Crippen MR) is 61.9 cm³/mol. The van der Waals surface area contributed by atoms with Crippen LogP contribution >= 0.6 is 11.8 Å². The summed E-state index contributed by atoms with van der Waals surface area (Å²) in [6.45, 7) is -0.756. The first kappa shape index (κ1) is 15.6. The van der Waals surface area contributed by atoms with E-state index in [2.05, 4.69) is 5.32 Å². The summed E-state index contributed by atoms with van der Waals surface area (Å²) >= 11 is 1.09. The summed E-state index contributed by atoms with van der Waals surface area (Å²) in [5.74, 6) is -0.842. The first-order valence-corrected chi connectivity index (χ1v) is 6.37. The molecular formula is C9H17NO7S. The molecule has 1 aliphatic rings. The molecule has 1 rings (SSSR count). The zero-order chi connectivity index (χ0) is 13.9. The van der Waals surface area contributed by atoms with E-state index in [4.69, 9.17) is 15.3 Å². The van der Waals surface area contributed by atoms with Gasteiger partial charge in [-0.15, -0.1) is 11.8 Å². The third-order valence-corrected chi connectivity index (χ3v) is 4.00. The standard InChI is InChI=1S/C9H17NO7S/c11-1-4(12)5(13)6(14)7(15)8-10-3(2-18-8)9(16)17/h3-8,10-15H,1-2H2,(H,16,17)/t3-,4-,5-,6+,7-,8+/m0/s1/i18+3. The van der Waals surface area contributed by atoms with Crippen LogP contribution in [0.3, 0.4) is 0 Å². The minimum Gasteiger partial charge on any atom is -0.480 e. The van der Waals surface area contributed by atoms with Crippen molar-refractivity contribution < 1.29 is 35.4 Å². The van der Waals surface area contributed by atoms with Crippen LogP contribution in [-0.4, -0.2) is 84.8 Å². The van der Waals surface area contributed by atoms with Crippen LogP contribution in [0.2, 0.25) is 0 Å². The number of hydrogen-bond donors (Lipinski definition) is 7. The second kappa shape index (κ2) is 6.66. The second-order valence-electron chi connectivity index (χ2n) is 4.03. The molecule has 0 aromatic carbocycles. The molecule has 0 radical (unpaired) electrons. The molecule has 0 spiro atoms. The van der Waals surface area contributed by atoms with Crippen LogP contribution < -0.4 is 5.32 Å². The van der Waals surface area contributed by atoms with Crippen molar-refractivity contribution >= 4 is 17.7 Å². The lowest BCUT2D eigenvalue weighted by Gasteiger charge is -2.28. The van der Waals surface area contributed by atoms with E-state index < -0.39 is 48.4 Å². The van der Waals surface area contributed by atoms with Crippen molar-refractivity contribution in [1.82, 2.24) is 5.32 Å². The first-order chi connectivity index (χ1) is 8.38. The molecule has 8 nitrogen and oxygen atoms in total. The molecule has 1 fully saturated rings. The van der Waals surface area contributed by atoms with Crippen LogP contribution in [0.15, 0.2) is 0 Å². The molecule has 0 saturated carbocycles. The Bertz CT molecular complexity index is 292. The lowest BCUT2D eigenvalue weighted by atomic mass is 10.0. The Kier molecular flexibility index (Phi) is 5.79. The molecule has 106 valence electrons. The molecule has 0 amide bonds. The Morgan fingerprint density at radius 2 is 1.89 bits per heavy atom. The summed E-state index contributed by atoms with van der Waals surface area (Å²) in [5.41, 5.74) is 0. The number of rotatable bonds is 6. The van der Waals surface area contributed by atoms with Gasteiger partial charge in [0, 0.05) is 5.75 Å². The van der Waals surface area contributed by atoms with Gasteiger partial charge in [0.15, 0.2) is 0 Å². The predicted octanol–water partition coefficient (Wildman–Crippen LogP) is -3.46. The number of aliphatic hydroxyl groups is 5. The van der Waals surface area contributed by atoms with E-state index in [1.807, 2.05) is 0 Å². The zero-order valence-electron chi connectivity index (χ0n) is 9.38. The molecule has 18 heavy (non-hydrogen) atoms. The fraction of sp³-hybridized carbons (Fsp3) is 0.889. The van der Waals surface area contributed by atoms with E-state index in [-0.39, 0.29) is 5.75 Å². The molecular weight excluding hydrogens is 269 g/mol. The highest BCUT2D eigenvalue weighted by molar-refractivity contribution is 8.00. The highest BCUT2D eigenvalue weighted by atomic mass is 35.1. The van der Waals surface area contributed by atoms with Crippen LogP contribution in [0.25, 0.3) is 0 Å². The van der Waals surface area contributed by atoms with Crippen LogP contribution in [0.5, 0.6) is 0 Å². The maximum Gasteiger partial charge on any atom is 0.321 e. The van der Waals surface area contributed by atoms with Gasteiger partial charge in [-0.25, -0.2) is 0 Å². The van der Waals surface area contributed by atoms with E-state index in [0.717, 1.165) is 11.8 Å². The SMILES string of the molecule is O=C(O)[C@@H]1C[35S][C@H]([C@@H](O)[C@H](O)[C@@H](O)[C@@H](O)CO)N1. The third kappa shape index (κ3) is 3.54. The summed E-state index contributed by atoms with van der Waals surface area (Å²) in [6.07, 6.45) is -6.44. The topological polar surface area (TPSA) is 150 Å². The van der Waals surface area contributed by atoms with Crippen molar-refractivity contribution in [2.45, 2.75) is 35.8 Å². The van der Waals surface area contributed by atoms with Crippen molar-refractivity contribution in [3.8, 4) is 0 Å². The minimum absolute atomic E-state index is 0.225. The van der Waals surface area contributed by atoms with Crippen molar-refractivity contribution in [3.63, 3.8) is 0 Å². The van der Waals surface area contributed by atoms with Crippen LogP contribution in [0, 0.1) is 0 Å². The number of aliphatic carboxylic acids is 1. The lowest BCUT2D eigenvalue weighted by molar-refractivity contribution is -0.139. The number of carboxylic acid groups (broad SMARTS) is 1. The molecule has 1 heterocycles. The average Bonchev–Trinajstić information content (AvgIpc) is 2.84. The fourth-order valence-corrected chi connectivity index (χ4v) is 2.81. The monoisotopic (exact) mass is 286 g/mol. The Morgan fingerprint density at radius 3 is 2.33 bits per heavy atom. The molecule has 9 heteroatoms. The number of hydrogen-bond acceptors (Lipinski definition) is 8. The second-order valence-corrected chi connectivity index (χ2v) is 5.21. The van der Waals surface area contributed by atoms with Crippen molar-refractivity contribution in [2.75, 3.05) is 12.4 Å². The Labute approximate surface area is 107 Å². The zero-order valence-corrected chi connectivity index (χ0v) is 10.2. The van der Waals surface area contributed by atoms with Gasteiger partial charge in [0.25, 0.3) is 0 Å².